The number of nitrogens with zero attached hydrogens (tertiary/aromatic N) is 2. The van der Waals surface area contributed by atoms with Crippen molar-refractivity contribution >= 4 is 27.6 Å². The second-order valence-electron chi connectivity index (χ2n) is 13.2. The molecule has 10 nitrogen and oxygen atoms in total. The third kappa shape index (κ3) is 7.52. The van der Waals surface area contributed by atoms with Crippen LogP contribution in [0, 0.1) is 18.2 Å². The number of carbonyl (C=O) groups excluding carboxylic acids is 1. The Hall–Kier alpha value is -5.24. The summed E-state index contributed by atoms with van der Waals surface area (Å²) in [4.78, 5) is 27.2. The van der Waals surface area contributed by atoms with Crippen molar-refractivity contribution in [1.82, 2.24) is 4.90 Å². The van der Waals surface area contributed by atoms with E-state index in [-0.39, 0.29) is 66.2 Å². The zero-order chi connectivity index (χ0) is 37.4. The molecule has 1 aliphatic heterocycles. The number of halogens is 3. The fraction of sp³-hybridized carbons (Fsp3) is 0.316. The highest BCUT2D eigenvalue weighted by molar-refractivity contribution is 7.92. The predicted octanol–water partition coefficient (Wildman–Crippen LogP) is 7.04. The van der Waals surface area contributed by atoms with Crippen molar-refractivity contribution in [3.05, 3.63) is 102 Å². The van der Waals surface area contributed by atoms with Crippen molar-refractivity contribution in [1.29, 1.82) is 0 Å². The Morgan fingerprint density at radius 2 is 1.73 bits per heavy atom. The lowest BCUT2D eigenvalue weighted by Gasteiger charge is -2.50. The first kappa shape index (κ1) is 36.5. The summed E-state index contributed by atoms with van der Waals surface area (Å²) in [6, 6.07) is 20.8. The first-order valence-corrected chi connectivity index (χ1v) is 17.9. The number of carboxylic acid groups (broad SMARTS) is 1. The lowest BCUT2D eigenvalue weighted by atomic mass is 9.62. The van der Waals surface area contributed by atoms with Crippen LogP contribution in [-0.4, -0.2) is 62.7 Å². The van der Waals surface area contributed by atoms with Gasteiger partial charge in [-0.15, -0.1) is 0 Å². The third-order valence-corrected chi connectivity index (χ3v) is 11.4. The predicted molar refractivity (Wildman–Crippen MR) is 186 cm³/mol. The molecule has 4 aromatic rings. The number of anilines is 1. The van der Waals surface area contributed by atoms with E-state index in [0.717, 1.165) is 22.0 Å². The number of amides is 1. The smallest absolute Gasteiger partial charge is 0.387 e. The van der Waals surface area contributed by atoms with E-state index in [1.165, 1.54) is 43.3 Å². The van der Waals surface area contributed by atoms with Gasteiger partial charge in [-0.25, -0.2) is 12.8 Å². The first-order valence-electron chi connectivity index (χ1n) is 16.5. The molecule has 1 N–H and O–H groups in total. The zero-order valence-electron chi connectivity index (χ0n) is 28.6. The van der Waals surface area contributed by atoms with Crippen molar-refractivity contribution < 1.29 is 50.5 Å². The molecule has 2 aliphatic rings. The van der Waals surface area contributed by atoms with Crippen LogP contribution >= 0.6 is 0 Å². The minimum atomic E-state index is -4.26. The van der Waals surface area contributed by atoms with Gasteiger partial charge in [-0.1, -0.05) is 30.3 Å². The molecule has 4 aromatic carbocycles. The fourth-order valence-electron chi connectivity index (χ4n) is 6.98. The Morgan fingerprint density at radius 3 is 2.37 bits per heavy atom. The van der Waals surface area contributed by atoms with E-state index in [9.17, 15) is 36.3 Å². The number of fused-ring (bicyclic) bond motifs is 1. The van der Waals surface area contributed by atoms with Crippen molar-refractivity contribution in [3.63, 3.8) is 0 Å². The maximum Gasteiger partial charge on any atom is 0.387 e. The SMILES string of the molecule is COc1ccc(CN(C(C)=O)C2CC(C[C@H]3CN(S(=O)(=O)c4cccc(C)c4)c4cc(-c5cc(F)cc(OC(F)F)c5)ccc4O3)(C(=O)O)C2)cc1. The molecule has 1 heterocycles. The molecule has 0 saturated heterocycles. The van der Waals surface area contributed by atoms with E-state index in [0.29, 0.717) is 16.9 Å². The number of rotatable bonds is 12. The molecule has 0 spiro atoms. The summed E-state index contributed by atoms with van der Waals surface area (Å²) in [5.74, 6) is -1.73. The summed E-state index contributed by atoms with van der Waals surface area (Å²) in [7, 11) is -2.70. The fourth-order valence-corrected chi connectivity index (χ4v) is 8.59. The minimum Gasteiger partial charge on any atom is -0.497 e. The van der Waals surface area contributed by atoms with Crippen LogP contribution in [0.2, 0.25) is 0 Å². The van der Waals surface area contributed by atoms with Gasteiger partial charge >= 0.3 is 12.6 Å². The van der Waals surface area contributed by atoms with Crippen LogP contribution in [0.5, 0.6) is 17.2 Å². The maximum absolute atomic E-state index is 14.5. The van der Waals surface area contributed by atoms with Gasteiger partial charge in [0.25, 0.3) is 10.0 Å². The van der Waals surface area contributed by atoms with Crippen LogP contribution in [0.3, 0.4) is 0 Å². The van der Waals surface area contributed by atoms with Crippen molar-refractivity contribution in [2.45, 2.75) is 63.3 Å². The molecule has 0 bridgehead atoms. The van der Waals surface area contributed by atoms with Crippen LogP contribution in [0.25, 0.3) is 11.1 Å². The molecule has 0 unspecified atom stereocenters. The molecule has 0 radical (unpaired) electrons. The number of aryl methyl sites for hydroxylation is 1. The molecule has 1 atom stereocenters. The highest BCUT2D eigenvalue weighted by Crippen LogP contribution is 2.50. The average Bonchev–Trinajstić information content (AvgIpc) is 3.07. The Labute approximate surface area is 299 Å². The van der Waals surface area contributed by atoms with E-state index in [2.05, 4.69) is 4.74 Å². The Balaban J connectivity index is 1.31. The largest absolute Gasteiger partial charge is 0.497 e. The number of hydrogen-bond donors (Lipinski definition) is 1. The highest BCUT2D eigenvalue weighted by Gasteiger charge is 2.55. The molecule has 14 heteroatoms. The summed E-state index contributed by atoms with van der Waals surface area (Å²) >= 11 is 0. The maximum atomic E-state index is 14.5. The van der Waals surface area contributed by atoms with Gasteiger partial charge in [0, 0.05) is 32.0 Å². The highest BCUT2D eigenvalue weighted by atomic mass is 32.2. The minimum absolute atomic E-state index is 0.00448. The normalized spacial score (nSPS) is 19.6. The van der Waals surface area contributed by atoms with E-state index in [1.807, 2.05) is 12.1 Å². The molecular formula is C38H37F3N2O8S. The van der Waals surface area contributed by atoms with Crippen LogP contribution in [-0.2, 0) is 26.2 Å². The standard InChI is InChI=1S/C38H37F3N2O8S/c1-23-5-4-6-33(13-23)52(47,48)43-22-32(50-35-12-9-26(16-34(35)43)27-14-28(39)17-31(15-27)51-37(40)41)20-38(36(45)46)18-29(19-38)42(24(2)44)21-25-7-10-30(49-3)11-8-25/h4-17,29,32,37H,18-22H2,1-3H3,(H,45,46)/t29?,32-,38?/m0/s1. The molecule has 1 saturated carbocycles. The Bertz CT molecular complexity index is 2090. The number of alkyl halides is 2. The van der Waals surface area contributed by atoms with Crippen LogP contribution < -0.4 is 18.5 Å². The van der Waals surface area contributed by atoms with Crippen LogP contribution in [0.4, 0.5) is 18.9 Å². The number of sulfonamides is 1. The average molecular weight is 739 g/mol. The van der Waals surface area contributed by atoms with Gasteiger partial charge < -0.3 is 24.2 Å². The van der Waals surface area contributed by atoms with Crippen molar-refractivity contribution in [2.24, 2.45) is 5.41 Å². The molecule has 274 valence electrons. The van der Waals surface area contributed by atoms with E-state index in [1.54, 1.807) is 43.2 Å². The summed E-state index contributed by atoms with van der Waals surface area (Å²) in [5, 5.41) is 10.5. The summed E-state index contributed by atoms with van der Waals surface area (Å²) in [6.07, 6.45) is -0.678. The molecule has 1 fully saturated rings. The number of carboxylic acids is 1. The van der Waals surface area contributed by atoms with Crippen molar-refractivity contribution in [2.75, 3.05) is 18.0 Å². The summed E-state index contributed by atoms with van der Waals surface area (Å²) in [6.45, 7) is 0.0250. The van der Waals surface area contributed by atoms with E-state index in [4.69, 9.17) is 9.47 Å². The van der Waals surface area contributed by atoms with E-state index >= 15 is 0 Å². The quantitative estimate of drug-likeness (QED) is 0.164. The lowest BCUT2D eigenvalue weighted by molar-refractivity contribution is -0.166. The number of hydrogen-bond acceptors (Lipinski definition) is 7. The molecule has 1 aliphatic carbocycles. The lowest BCUT2D eigenvalue weighted by Crippen LogP contribution is -2.58. The molecule has 0 aromatic heterocycles. The molecular weight excluding hydrogens is 701 g/mol. The summed E-state index contributed by atoms with van der Waals surface area (Å²) in [5.41, 5.74) is 0.804. The number of ether oxygens (including phenoxy) is 3. The van der Waals surface area contributed by atoms with Gasteiger partial charge in [-0.3, -0.25) is 13.9 Å². The first-order chi connectivity index (χ1) is 24.7. The van der Waals surface area contributed by atoms with Gasteiger partial charge in [0.2, 0.25) is 5.91 Å². The van der Waals surface area contributed by atoms with Crippen molar-refractivity contribution in [3.8, 4) is 28.4 Å². The second kappa shape index (κ2) is 14.4. The van der Waals surface area contributed by atoms with Gasteiger partial charge in [-0.05, 0) is 90.6 Å². The Kier molecular flexibility index (Phi) is 10.1. The number of aliphatic carboxylic acids is 1. The third-order valence-electron chi connectivity index (χ3n) is 9.58. The monoisotopic (exact) mass is 738 g/mol. The molecule has 6 rings (SSSR count). The zero-order valence-corrected chi connectivity index (χ0v) is 29.4. The van der Waals surface area contributed by atoms with Gasteiger partial charge in [0.1, 0.15) is 29.2 Å². The second-order valence-corrected chi connectivity index (χ2v) is 15.0. The van der Waals surface area contributed by atoms with Gasteiger partial charge in [-0.2, -0.15) is 8.78 Å². The van der Waals surface area contributed by atoms with Gasteiger partial charge in [0.15, 0.2) is 0 Å². The number of carbonyl (C=O) groups is 2. The molecule has 1 amide bonds. The number of methoxy groups -OCH3 is 1. The summed E-state index contributed by atoms with van der Waals surface area (Å²) < 4.78 is 85.9. The number of benzene rings is 4. The molecule has 52 heavy (non-hydrogen) atoms. The van der Waals surface area contributed by atoms with Crippen LogP contribution in [0.15, 0.2) is 89.8 Å². The van der Waals surface area contributed by atoms with E-state index < -0.39 is 45.7 Å². The Morgan fingerprint density at radius 1 is 1.00 bits per heavy atom. The van der Waals surface area contributed by atoms with Crippen LogP contribution in [0.1, 0.15) is 37.3 Å². The van der Waals surface area contributed by atoms with Gasteiger partial charge in [0.05, 0.1) is 29.7 Å². The topological polar surface area (TPSA) is 123 Å².